The summed E-state index contributed by atoms with van der Waals surface area (Å²) in [7, 11) is -2.56. The van der Waals surface area contributed by atoms with Gasteiger partial charge in [0.2, 0.25) is 5.91 Å². The lowest BCUT2D eigenvalue weighted by Crippen LogP contribution is -2.21. The molecule has 1 N–H and O–H groups in total. The van der Waals surface area contributed by atoms with E-state index >= 15 is 0 Å². The van der Waals surface area contributed by atoms with Crippen LogP contribution in [0.2, 0.25) is 0 Å². The van der Waals surface area contributed by atoms with E-state index in [-0.39, 0.29) is 11.4 Å². The largest absolute Gasteiger partial charge is 0.397 e. The minimum atomic E-state index is -4.55. The van der Waals surface area contributed by atoms with E-state index in [0.717, 1.165) is 0 Å². The van der Waals surface area contributed by atoms with Crippen LogP contribution in [0.4, 0.5) is 18.9 Å². The number of rotatable bonds is 4. The van der Waals surface area contributed by atoms with Gasteiger partial charge in [-0.3, -0.25) is 4.79 Å². The molecule has 100 valence electrons. The van der Waals surface area contributed by atoms with Crippen LogP contribution in [-0.4, -0.2) is 20.5 Å². The molecule has 8 heteroatoms. The van der Waals surface area contributed by atoms with Crippen molar-refractivity contribution in [3.63, 3.8) is 0 Å². The zero-order valence-corrected chi connectivity index (χ0v) is 9.92. The number of benzene rings is 1. The number of hydrogen-bond acceptors (Lipinski definition) is 3. The quantitative estimate of drug-likeness (QED) is 0.825. The molecule has 1 rings (SSSR count). The first kappa shape index (κ1) is 14.5. The molecule has 0 saturated carbocycles. The molecule has 0 heterocycles. The normalized spacial score (nSPS) is 11.6. The fourth-order valence-electron chi connectivity index (χ4n) is 1.23. The van der Waals surface area contributed by atoms with E-state index in [2.05, 4.69) is 5.32 Å². The van der Waals surface area contributed by atoms with Crippen molar-refractivity contribution in [2.24, 2.45) is 0 Å². The Hall–Kier alpha value is -1.57. The highest BCUT2D eigenvalue weighted by molar-refractivity contribution is 7.71. The van der Waals surface area contributed by atoms with E-state index in [1.54, 1.807) is 0 Å². The number of nitrogens with one attached hydrogen (secondary N) is 1. The fraction of sp³-hybridized carbons (Fsp3) is 0.300. The van der Waals surface area contributed by atoms with Gasteiger partial charge >= 0.3 is 6.18 Å². The molecule has 0 bridgehead atoms. The lowest BCUT2D eigenvalue weighted by molar-refractivity contribution is -0.150. The highest BCUT2D eigenvalue weighted by atomic mass is 32.2. The summed E-state index contributed by atoms with van der Waals surface area (Å²) in [5.41, 5.74) is 0.689. The lowest BCUT2D eigenvalue weighted by atomic mass is 10.2. The predicted molar refractivity (Wildman–Crippen MR) is 59.8 cm³/mol. The number of anilines is 1. The van der Waals surface area contributed by atoms with Gasteiger partial charge in [0.25, 0.3) is 0 Å². The summed E-state index contributed by atoms with van der Waals surface area (Å²) in [5, 5.41) is 2.07. The third-order valence-electron chi connectivity index (χ3n) is 1.91. The highest BCUT2D eigenvalue weighted by Gasteiger charge is 2.31. The summed E-state index contributed by atoms with van der Waals surface area (Å²) in [6, 6.07) is 5.55. The molecule has 4 nitrogen and oxygen atoms in total. The molecule has 0 saturated heterocycles. The van der Waals surface area contributed by atoms with E-state index in [0.29, 0.717) is 5.56 Å². The molecule has 0 aliphatic heterocycles. The maximum atomic E-state index is 11.9. The summed E-state index contributed by atoms with van der Waals surface area (Å²) >= 11 is 0. The Labute approximate surface area is 103 Å². The smallest absolute Gasteiger partial charge is 0.326 e. The summed E-state index contributed by atoms with van der Waals surface area (Å²) in [6.45, 7) is 0. The topological polar surface area (TPSA) is 63.2 Å². The van der Waals surface area contributed by atoms with E-state index in [1.807, 2.05) is 0 Å². The third kappa shape index (κ3) is 5.67. The first-order valence-corrected chi connectivity index (χ1v) is 6.20. The van der Waals surface area contributed by atoms with Gasteiger partial charge in [-0.05, 0) is 17.7 Å². The van der Waals surface area contributed by atoms with Crippen LogP contribution < -0.4 is 5.32 Å². The standard InChI is InChI=1S/C10H10F3NO3S/c11-10(12,13)5-9(15)14-8-3-1-7(2-4-8)6-18(16)17/h1-4,18H,5-6H2,(H,14,15). The average molecular weight is 281 g/mol. The van der Waals surface area contributed by atoms with Gasteiger partial charge < -0.3 is 5.32 Å². The molecule has 0 aliphatic carbocycles. The van der Waals surface area contributed by atoms with Crippen LogP contribution in [0.15, 0.2) is 24.3 Å². The summed E-state index contributed by atoms with van der Waals surface area (Å²) < 4.78 is 56.5. The van der Waals surface area contributed by atoms with Crippen LogP contribution in [0.5, 0.6) is 0 Å². The van der Waals surface area contributed by atoms with Gasteiger partial charge in [0.15, 0.2) is 0 Å². The predicted octanol–water partition coefficient (Wildman–Crippen LogP) is 1.69. The Kier molecular flexibility index (Phi) is 4.71. The lowest BCUT2D eigenvalue weighted by Gasteiger charge is -2.07. The second-order valence-electron chi connectivity index (χ2n) is 3.53. The number of thiol groups is 1. The van der Waals surface area contributed by atoms with Gasteiger partial charge in [-0.2, -0.15) is 13.2 Å². The van der Waals surface area contributed by atoms with Gasteiger partial charge in [-0.25, -0.2) is 8.42 Å². The van der Waals surface area contributed by atoms with Gasteiger partial charge in [-0.15, -0.1) is 0 Å². The Morgan fingerprint density at radius 1 is 1.17 bits per heavy atom. The summed E-state index contributed by atoms with van der Waals surface area (Å²) in [4.78, 5) is 11.0. The molecule has 1 amide bonds. The molecule has 0 unspecified atom stereocenters. The maximum Gasteiger partial charge on any atom is 0.397 e. The SMILES string of the molecule is O=C(CC(F)(F)F)Nc1ccc(C[SH](=O)=O)cc1. The van der Waals surface area contributed by atoms with Gasteiger partial charge in [0, 0.05) is 5.69 Å². The van der Waals surface area contributed by atoms with Crippen molar-refractivity contribution in [3.8, 4) is 0 Å². The first-order valence-electron chi connectivity index (χ1n) is 4.83. The Morgan fingerprint density at radius 3 is 2.17 bits per heavy atom. The van der Waals surface area contributed by atoms with Crippen LogP contribution in [0.1, 0.15) is 12.0 Å². The average Bonchev–Trinajstić information content (AvgIpc) is 2.17. The van der Waals surface area contributed by atoms with E-state index in [9.17, 15) is 26.4 Å². The van der Waals surface area contributed by atoms with Crippen LogP contribution in [0, 0.1) is 0 Å². The zero-order chi connectivity index (χ0) is 13.8. The van der Waals surface area contributed by atoms with E-state index in [1.165, 1.54) is 24.3 Å². The minimum Gasteiger partial charge on any atom is -0.326 e. The Bertz CT molecular complexity index is 486. The van der Waals surface area contributed by atoms with Gasteiger partial charge in [0.1, 0.15) is 17.1 Å². The number of halogens is 3. The first-order chi connectivity index (χ1) is 8.26. The third-order valence-corrected chi connectivity index (χ3v) is 2.53. The van der Waals surface area contributed by atoms with Crippen molar-refractivity contribution in [3.05, 3.63) is 29.8 Å². The number of amides is 1. The molecule has 0 fully saturated rings. The van der Waals surface area contributed by atoms with Crippen molar-refractivity contribution in [1.29, 1.82) is 0 Å². The number of alkyl halides is 3. The van der Waals surface area contributed by atoms with E-state index < -0.39 is 29.2 Å². The van der Waals surface area contributed by atoms with Crippen molar-refractivity contribution < 1.29 is 26.4 Å². The minimum absolute atomic E-state index is 0.147. The number of hydrogen-bond donors (Lipinski definition) is 2. The fourth-order valence-corrected chi connectivity index (χ4v) is 1.74. The molecule has 0 atom stereocenters. The van der Waals surface area contributed by atoms with Crippen LogP contribution in [-0.2, 0) is 21.3 Å². The van der Waals surface area contributed by atoms with Gasteiger partial charge in [-0.1, -0.05) is 12.1 Å². The summed E-state index contributed by atoms with van der Waals surface area (Å²) in [6.07, 6.45) is -6.11. The van der Waals surface area contributed by atoms with Crippen molar-refractivity contribution in [1.82, 2.24) is 0 Å². The maximum absolute atomic E-state index is 11.9. The molecular weight excluding hydrogens is 271 g/mol. The van der Waals surface area contributed by atoms with Crippen LogP contribution in [0.25, 0.3) is 0 Å². The Morgan fingerprint density at radius 2 is 1.72 bits per heavy atom. The molecule has 0 aliphatic rings. The second kappa shape index (κ2) is 5.85. The molecular formula is C10H10F3NO3S. The van der Waals surface area contributed by atoms with Crippen molar-refractivity contribution in [2.75, 3.05) is 5.32 Å². The van der Waals surface area contributed by atoms with Crippen molar-refractivity contribution >= 4 is 22.3 Å². The zero-order valence-electron chi connectivity index (χ0n) is 9.03. The number of carbonyl (C=O) groups excluding carboxylic acids is 1. The highest BCUT2D eigenvalue weighted by Crippen LogP contribution is 2.20. The van der Waals surface area contributed by atoms with Crippen LogP contribution >= 0.6 is 0 Å². The molecule has 0 aromatic heterocycles. The van der Waals surface area contributed by atoms with Crippen molar-refractivity contribution in [2.45, 2.75) is 18.3 Å². The van der Waals surface area contributed by atoms with E-state index in [4.69, 9.17) is 0 Å². The monoisotopic (exact) mass is 281 g/mol. The molecule has 1 aromatic rings. The Balaban J connectivity index is 2.61. The molecule has 18 heavy (non-hydrogen) atoms. The molecule has 1 aromatic carbocycles. The van der Waals surface area contributed by atoms with Gasteiger partial charge in [0.05, 0.1) is 5.75 Å². The van der Waals surface area contributed by atoms with Crippen LogP contribution in [0.3, 0.4) is 0 Å². The number of carbonyl (C=O) groups is 1. The molecule has 0 spiro atoms. The molecule has 0 radical (unpaired) electrons. The second-order valence-corrected chi connectivity index (χ2v) is 4.51. The summed E-state index contributed by atoms with van der Waals surface area (Å²) in [5.74, 6) is -1.31.